The van der Waals surface area contributed by atoms with E-state index in [-0.39, 0.29) is 0 Å². The van der Waals surface area contributed by atoms with E-state index in [2.05, 4.69) is 29.2 Å². The molecule has 2 aromatic carbocycles. The van der Waals surface area contributed by atoms with Crippen molar-refractivity contribution in [2.75, 3.05) is 12.8 Å². The molecule has 0 aliphatic rings. The van der Waals surface area contributed by atoms with Crippen molar-refractivity contribution in [3.63, 3.8) is 0 Å². The van der Waals surface area contributed by atoms with Gasteiger partial charge in [0.2, 0.25) is 0 Å². The first-order chi connectivity index (χ1) is 9.67. The Morgan fingerprint density at radius 3 is 2.50 bits per heavy atom. The van der Waals surface area contributed by atoms with Gasteiger partial charge < -0.3 is 10.5 Å². The largest absolute Gasteiger partial charge is 0.497 e. The molecule has 0 aliphatic carbocycles. The monoisotopic (exact) mass is 264 g/mol. The van der Waals surface area contributed by atoms with Gasteiger partial charge in [-0.15, -0.1) is 0 Å². The van der Waals surface area contributed by atoms with Gasteiger partial charge in [-0.05, 0) is 47.5 Å². The number of hydrogen-bond donors (Lipinski definition) is 1. The summed E-state index contributed by atoms with van der Waals surface area (Å²) in [7, 11) is 1.68. The van der Waals surface area contributed by atoms with E-state index in [1.807, 2.05) is 25.1 Å². The second kappa shape index (κ2) is 4.85. The third kappa shape index (κ3) is 2.18. The standard InChI is InChI=1S/C17H16N2O/c1-11-7-15(18)10-19-17(11)14-4-3-13-9-16(20-2)6-5-12(13)8-14/h3-10H,18H2,1-2H3. The van der Waals surface area contributed by atoms with Gasteiger partial charge in [-0.25, -0.2) is 0 Å². The van der Waals surface area contributed by atoms with Crippen molar-refractivity contribution < 1.29 is 4.74 Å². The quantitative estimate of drug-likeness (QED) is 0.765. The van der Waals surface area contributed by atoms with Crippen LogP contribution in [-0.4, -0.2) is 12.1 Å². The van der Waals surface area contributed by atoms with Gasteiger partial charge in [0.1, 0.15) is 5.75 Å². The van der Waals surface area contributed by atoms with Gasteiger partial charge >= 0.3 is 0 Å². The van der Waals surface area contributed by atoms with Crippen LogP contribution >= 0.6 is 0 Å². The number of anilines is 1. The summed E-state index contributed by atoms with van der Waals surface area (Å²) in [4.78, 5) is 4.44. The van der Waals surface area contributed by atoms with E-state index in [9.17, 15) is 0 Å². The number of hydrogen-bond acceptors (Lipinski definition) is 3. The molecule has 0 unspecified atom stereocenters. The number of nitrogens with two attached hydrogens (primary N) is 1. The Kier molecular flexibility index (Phi) is 3.03. The molecular weight excluding hydrogens is 248 g/mol. The molecule has 3 aromatic rings. The SMILES string of the molecule is COc1ccc2cc(-c3ncc(N)cc3C)ccc2c1. The summed E-state index contributed by atoms with van der Waals surface area (Å²) in [6, 6.07) is 14.3. The van der Waals surface area contributed by atoms with Crippen molar-refractivity contribution in [3.05, 3.63) is 54.2 Å². The molecule has 0 amide bonds. The van der Waals surface area contributed by atoms with E-state index in [0.717, 1.165) is 28.0 Å². The number of nitrogens with zero attached hydrogens (tertiary/aromatic N) is 1. The molecule has 1 heterocycles. The van der Waals surface area contributed by atoms with Gasteiger partial charge in [0.25, 0.3) is 0 Å². The Morgan fingerprint density at radius 1 is 1.00 bits per heavy atom. The van der Waals surface area contributed by atoms with Crippen molar-refractivity contribution in [2.24, 2.45) is 0 Å². The Labute approximate surface area is 118 Å². The third-order valence-electron chi connectivity index (χ3n) is 3.42. The molecule has 2 N–H and O–H groups in total. The first-order valence-corrected chi connectivity index (χ1v) is 6.47. The fourth-order valence-electron chi connectivity index (χ4n) is 2.40. The lowest BCUT2D eigenvalue weighted by molar-refractivity contribution is 0.415. The predicted octanol–water partition coefficient (Wildman–Crippen LogP) is 3.80. The lowest BCUT2D eigenvalue weighted by Crippen LogP contribution is -1.92. The molecule has 1 aromatic heterocycles. The summed E-state index contributed by atoms with van der Waals surface area (Å²) < 4.78 is 5.24. The van der Waals surface area contributed by atoms with Gasteiger partial charge in [-0.2, -0.15) is 0 Å². The topological polar surface area (TPSA) is 48.1 Å². The van der Waals surface area contributed by atoms with Crippen molar-refractivity contribution in [3.8, 4) is 17.0 Å². The van der Waals surface area contributed by atoms with Gasteiger partial charge in [0.15, 0.2) is 0 Å². The van der Waals surface area contributed by atoms with E-state index >= 15 is 0 Å². The molecule has 3 nitrogen and oxygen atoms in total. The van der Waals surface area contributed by atoms with Crippen LogP contribution in [0.4, 0.5) is 5.69 Å². The number of pyridine rings is 1. The van der Waals surface area contributed by atoms with E-state index < -0.39 is 0 Å². The molecule has 0 radical (unpaired) electrons. The molecule has 0 atom stereocenters. The second-order valence-corrected chi connectivity index (χ2v) is 4.86. The zero-order valence-corrected chi connectivity index (χ0v) is 11.6. The smallest absolute Gasteiger partial charge is 0.119 e. The molecule has 0 bridgehead atoms. The highest BCUT2D eigenvalue weighted by Crippen LogP contribution is 2.28. The first kappa shape index (κ1) is 12.5. The second-order valence-electron chi connectivity index (χ2n) is 4.86. The van der Waals surface area contributed by atoms with Gasteiger partial charge in [-0.3, -0.25) is 4.98 Å². The number of benzene rings is 2. The van der Waals surface area contributed by atoms with Crippen LogP contribution in [0.2, 0.25) is 0 Å². The average Bonchev–Trinajstić information content (AvgIpc) is 2.46. The van der Waals surface area contributed by atoms with Crippen LogP contribution in [0.3, 0.4) is 0 Å². The Hall–Kier alpha value is -2.55. The zero-order chi connectivity index (χ0) is 14.1. The number of aryl methyl sites for hydroxylation is 1. The summed E-state index contributed by atoms with van der Waals surface area (Å²) in [5, 5.41) is 2.32. The summed E-state index contributed by atoms with van der Waals surface area (Å²) >= 11 is 0. The average molecular weight is 264 g/mol. The molecule has 0 spiro atoms. The first-order valence-electron chi connectivity index (χ1n) is 6.47. The molecule has 3 heteroatoms. The van der Waals surface area contributed by atoms with E-state index in [4.69, 9.17) is 10.5 Å². The van der Waals surface area contributed by atoms with E-state index in [0.29, 0.717) is 5.69 Å². The number of nitrogen functional groups attached to an aromatic ring is 1. The number of aromatic nitrogens is 1. The van der Waals surface area contributed by atoms with Crippen LogP contribution in [0, 0.1) is 6.92 Å². The summed E-state index contributed by atoms with van der Waals surface area (Å²) in [6.07, 6.45) is 1.69. The zero-order valence-electron chi connectivity index (χ0n) is 11.6. The highest BCUT2D eigenvalue weighted by atomic mass is 16.5. The van der Waals surface area contributed by atoms with E-state index in [1.54, 1.807) is 13.3 Å². The Balaban J connectivity index is 2.13. The van der Waals surface area contributed by atoms with Gasteiger partial charge in [0, 0.05) is 5.56 Å². The van der Waals surface area contributed by atoms with Crippen molar-refractivity contribution in [1.29, 1.82) is 0 Å². The van der Waals surface area contributed by atoms with Crippen LogP contribution in [0.1, 0.15) is 5.56 Å². The summed E-state index contributed by atoms with van der Waals surface area (Å²) in [5.41, 5.74) is 9.59. The van der Waals surface area contributed by atoms with Crippen LogP contribution in [0.5, 0.6) is 5.75 Å². The molecule has 0 fully saturated rings. The number of ether oxygens (including phenoxy) is 1. The molecule has 0 aliphatic heterocycles. The maximum absolute atomic E-state index is 5.75. The minimum Gasteiger partial charge on any atom is -0.497 e. The lowest BCUT2D eigenvalue weighted by atomic mass is 10.0. The summed E-state index contributed by atoms with van der Waals surface area (Å²) in [5.74, 6) is 0.868. The third-order valence-corrected chi connectivity index (χ3v) is 3.42. The normalized spacial score (nSPS) is 10.7. The highest BCUT2D eigenvalue weighted by Gasteiger charge is 2.05. The molecule has 20 heavy (non-hydrogen) atoms. The van der Waals surface area contributed by atoms with Crippen molar-refractivity contribution in [1.82, 2.24) is 4.98 Å². The number of rotatable bonds is 2. The van der Waals surface area contributed by atoms with Crippen LogP contribution in [0.25, 0.3) is 22.0 Å². The van der Waals surface area contributed by atoms with E-state index in [1.165, 1.54) is 5.39 Å². The van der Waals surface area contributed by atoms with Gasteiger partial charge in [-0.1, -0.05) is 18.2 Å². The Bertz CT molecular complexity index is 781. The fourth-order valence-corrected chi connectivity index (χ4v) is 2.40. The number of fused-ring (bicyclic) bond motifs is 1. The maximum Gasteiger partial charge on any atom is 0.119 e. The molecular formula is C17H16N2O. The predicted molar refractivity (Wildman–Crippen MR) is 82.9 cm³/mol. The maximum atomic E-state index is 5.75. The van der Waals surface area contributed by atoms with Gasteiger partial charge in [0.05, 0.1) is 24.7 Å². The van der Waals surface area contributed by atoms with Crippen LogP contribution in [-0.2, 0) is 0 Å². The molecule has 3 rings (SSSR count). The fraction of sp³-hybridized carbons (Fsp3) is 0.118. The molecule has 0 saturated carbocycles. The highest BCUT2D eigenvalue weighted by molar-refractivity contribution is 5.88. The number of methoxy groups -OCH3 is 1. The lowest BCUT2D eigenvalue weighted by Gasteiger charge is -2.08. The molecule has 0 saturated heterocycles. The molecule has 100 valence electrons. The van der Waals surface area contributed by atoms with Crippen molar-refractivity contribution in [2.45, 2.75) is 6.92 Å². The van der Waals surface area contributed by atoms with Crippen LogP contribution < -0.4 is 10.5 Å². The van der Waals surface area contributed by atoms with Crippen molar-refractivity contribution >= 4 is 16.5 Å². The van der Waals surface area contributed by atoms with Crippen LogP contribution in [0.15, 0.2) is 48.7 Å². The summed E-state index contributed by atoms with van der Waals surface area (Å²) in [6.45, 7) is 2.02. The Morgan fingerprint density at radius 2 is 1.75 bits per heavy atom. The minimum atomic E-state index is 0.691. The minimum absolute atomic E-state index is 0.691.